The molecular formula is C23H28N4O. The first-order chi connectivity index (χ1) is 13.5. The van der Waals surface area contributed by atoms with E-state index in [1.165, 1.54) is 5.56 Å². The van der Waals surface area contributed by atoms with Crippen molar-refractivity contribution in [3.05, 3.63) is 71.1 Å². The van der Waals surface area contributed by atoms with Gasteiger partial charge in [0.1, 0.15) is 0 Å². The van der Waals surface area contributed by atoms with Gasteiger partial charge in [-0.15, -0.1) is 6.58 Å². The quantitative estimate of drug-likeness (QED) is 0.550. The van der Waals surface area contributed by atoms with Gasteiger partial charge in [-0.05, 0) is 37.6 Å². The second kappa shape index (κ2) is 9.01. The fourth-order valence-corrected chi connectivity index (χ4v) is 3.83. The number of Topliss-reactive ketones (excluding diaryl/α,β-unsaturated/α-hetero) is 1. The zero-order valence-corrected chi connectivity index (χ0v) is 16.8. The molecule has 5 heteroatoms. The minimum absolute atomic E-state index is 0.198. The summed E-state index contributed by atoms with van der Waals surface area (Å²) in [7, 11) is 0. The number of aryl methyl sites for hydroxylation is 1. The van der Waals surface area contributed by atoms with Crippen LogP contribution in [0.4, 0.5) is 0 Å². The van der Waals surface area contributed by atoms with Crippen LogP contribution in [0.3, 0.4) is 0 Å². The summed E-state index contributed by atoms with van der Waals surface area (Å²) in [5.74, 6) is 0.198. The topological polar surface area (TPSA) is 52.3 Å². The summed E-state index contributed by atoms with van der Waals surface area (Å²) < 4.78 is 2.13. The zero-order valence-electron chi connectivity index (χ0n) is 16.8. The number of carbonyl (C=O) groups is 1. The molecule has 1 saturated heterocycles. The maximum absolute atomic E-state index is 12.8. The van der Waals surface area contributed by atoms with Crippen molar-refractivity contribution in [3.8, 4) is 6.07 Å². The summed E-state index contributed by atoms with van der Waals surface area (Å²) >= 11 is 0. The van der Waals surface area contributed by atoms with Crippen LogP contribution in [-0.2, 0) is 13.1 Å². The van der Waals surface area contributed by atoms with E-state index >= 15 is 0 Å². The lowest BCUT2D eigenvalue weighted by Crippen LogP contribution is -2.47. The van der Waals surface area contributed by atoms with Gasteiger partial charge < -0.3 is 4.57 Å². The fraction of sp³-hybridized carbons (Fsp3) is 0.391. The Morgan fingerprint density at radius 1 is 1.14 bits per heavy atom. The first-order valence-electron chi connectivity index (χ1n) is 9.76. The van der Waals surface area contributed by atoms with E-state index in [1.807, 2.05) is 50.3 Å². The van der Waals surface area contributed by atoms with Crippen LogP contribution in [0, 0.1) is 25.2 Å². The number of hydrogen-bond acceptors (Lipinski definition) is 4. The number of ketones is 1. The monoisotopic (exact) mass is 376 g/mol. The van der Waals surface area contributed by atoms with Crippen LogP contribution in [-0.4, -0.2) is 52.9 Å². The second-order valence-electron chi connectivity index (χ2n) is 7.47. The summed E-state index contributed by atoms with van der Waals surface area (Å²) in [6.45, 7) is 13.6. The number of nitrogens with zero attached hydrogens (tertiary/aromatic N) is 4. The predicted molar refractivity (Wildman–Crippen MR) is 111 cm³/mol. The van der Waals surface area contributed by atoms with Gasteiger partial charge in [0, 0.05) is 56.2 Å². The van der Waals surface area contributed by atoms with Crippen molar-refractivity contribution in [1.82, 2.24) is 14.4 Å². The fourth-order valence-electron chi connectivity index (χ4n) is 3.83. The van der Waals surface area contributed by atoms with E-state index in [2.05, 4.69) is 27.0 Å². The predicted octanol–water partition coefficient (Wildman–Crippen LogP) is 3.16. The number of carbonyl (C=O) groups excluding carboxylic acids is 1. The lowest BCUT2D eigenvalue weighted by Gasteiger charge is -2.34. The van der Waals surface area contributed by atoms with Crippen molar-refractivity contribution in [2.75, 3.05) is 32.7 Å². The second-order valence-corrected chi connectivity index (χ2v) is 7.47. The molecule has 0 aliphatic carbocycles. The molecule has 0 atom stereocenters. The Kier molecular flexibility index (Phi) is 6.45. The summed E-state index contributed by atoms with van der Waals surface area (Å²) in [6.07, 6.45) is 1.86. The van der Waals surface area contributed by atoms with Crippen LogP contribution in [0.1, 0.15) is 32.9 Å². The molecule has 146 valence electrons. The van der Waals surface area contributed by atoms with Gasteiger partial charge in [-0.1, -0.05) is 18.2 Å². The summed E-state index contributed by atoms with van der Waals surface area (Å²) in [5.41, 5.74) is 4.88. The number of nitriles is 1. The third kappa shape index (κ3) is 4.59. The van der Waals surface area contributed by atoms with Crippen molar-refractivity contribution in [3.63, 3.8) is 0 Å². The Morgan fingerprint density at radius 2 is 1.79 bits per heavy atom. The van der Waals surface area contributed by atoms with Crippen LogP contribution in [0.15, 0.2) is 43.0 Å². The Balaban J connectivity index is 1.52. The highest BCUT2D eigenvalue weighted by Gasteiger charge is 2.22. The molecule has 2 aromatic rings. The molecule has 0 radical (unpaired) electrons. The van der Waals surface area contributed by atoms with E-state index in [0.717, 1.165) is 56.2 Å². The largest absolute Gasteiger partial charge is 0.345 e. The molecule has 28 heavy (non-hydrogen) atoms. The number of piperazine rings is 1. The molecule has 0 saturated carbocycles. The van der Waals surface area contributed by atoms with Crippen molar-refractivity contribution in [2.24, 2.45) is 0 Å². The molecule has 1 aromatic carbocycles. The van der Waals surface area contributed by atoms with Gasteiger partial charge >= 0.3 is 0 Å². The Hall–Kier alpha value is -2.68. The maximum atomic E-state index is 12.8. The summed E-state index contributed by atoms with van der Waals surface area (Å²) in [6, 6.07) is 11.9. The van der Waals surface area contributed by atoms with Crippen molar-refractivity contribution in [1.29, 1.82) is 5.26 Å². The highest BCUT2D eigenvalue weighted by Crippen LogP contribution is 2.17. The SMILES string of the molecule is C=CCn1c(C)cc(C(=O)CN2CCN(Cc3ccc(C#N)cc3)CC2)c1C. The molecular weight excluding hydrogens is 348 g/mol. The van der Waals surface area contributed by atoms with Gasteiger partial charge in [-0.3, -0.25) is 14.6 Å². The van der Waals surface area contributed by atoms with Crippen LogP contribution < -0.4 is 0 Å². The molecule has 1 aliphatic heterocycles. The number of allylic oxidation sites excluding steroid dienone is 1. The van der Waals surface area contributed by atoms with Crippen LogP contribution in [0.5, 0.6) is 0 Å². The first kappa shape index (κ1) is 20.1. The summed E-state index contributed by atoms with van der Waals surface area (Å²) in [5, 5.41) is 8.89. The third-order valence-corrected chi connectivity index (χ3v) is 5.51. The molecule has 5 nitrogen and oxygen atoms in total. The minimum Gasteiger partial charge on any atom is -0.345 e. The van der Waals surface area contributed by atoms with Gasteiger partial charge in [0.05, 0.1) is 18.2 Å². The zero-order chi connectivity index (χ0) is 20.1. The van der Waals surface area contributed by atoms with Crippen LogP contribution in [0.2, 0.25) is 0 Å². The number of aromatic nitrogens is 1. The maximum Gasteiger partial charge on any atom is 0.178 e. The average Bonchev–Trinajstić information content (AvgIpc) is 2.99. The van der Waals surface area contributed by atoms with Gasteiger partial charge in [0.2, 0.25) is 0 Å². The third-order valence-electron chi connectivity index (χ3n) is 5.51. The molecule has 0 amide bonds. The van der Waals surface area contributed by atoms with Crippen LogP contribution >= 0.6 is 0 Å². The molecule has 1 aromatic heterocycles. The highest BCUT2D eigenvalue weighted by molar-refractivity contribution is 5.99. The van der Waals surface area contributed by atoms with E-state index in [9.17, 15) is 4.79 Å². The Bertz CT molecular complexity index is 881. The average molecular weight is 377 g/mol. The minimum atomic E-state index is 0.198. The van der Waals surface area contributed by atoms with Gasteiger partial charge in [0.15, 0.2) is 5.78 Å². The van der Waals surface area contributed by atoms with E-state index in [1.54, 1.807) is 0 Å². The lowest BCUT2D eigenvalue weighted by atomic mass is 10.1. The van der Waals surface area contributed by atoms with Crippen LogP contribution in [0.25, 0.3) is 0 Å². The normalized spacial score (nSPS) is 15.3. The molecule has 1 fully saturated rings. The van der Waals surface area contributed by atoms with Crippen molar-refractivity contribution in [2.45, 2.75) is 26.9 Å². The van der Waals surface area contributed by atoms with E-state index in [0.29, 0.717) is 12.1 Å². The highest BCUT2D eigenvalue weighted by atomic mass is 16.1. The van der Waals surface area contributed by atoms with Gasteiger partial charge in [-0.2, -0.15) is 5.26 Å². The molecule has 0 spiro atoms. The first-order valence-corrected chi connectivity index (χ1v) is 9.76. The standard InChI is InChI=1S/C23H28N4O/c1-4-9-27-18(2)14-22(19(27)3)23(28)17-26-12-10-25(11-13-26)16-21-7-5-20(15-24)6-8-21/h4-8,14H,1,9-13,16-17H2,2-3H3. The summed E-state index contributed by atoms with van der Waals surface area (Å²) in [4.78, 5) is 17.5. The van der Waals surface area contributed by atoms with E-state index in [4.69, 9.17) is 5.26 Å². The van der Waals surface area contributed by atoms with Crippen molar-refractivity contribution < 1.29 is 4.79 Å². The van der Waals surface area contributed by atoms with Gasteiger partial charge in [0.25, 0.3) is 0 Å². The number of hydrogen-bond donors (Lipinski definition) is 0. The van der Waals surface area contributed by atoms with E-state index < -0.39 is 0 Å². The van der Waals surface area contributed by atoms with E-state index in [-0.39, 0.29) is 5.78 Å². The Labute approximate surface area is 167 Å². The molecule has 0 N–H and O–H groups in total. The number of benzene rings is 1. The molecule has 2 heterocycles. The van der Waals surface area contributed by atoms with Crippen molar-refractivity contribution >= 4 is 5.78 Å². The number of rotatable bonds is 7. The van der Waals surface area contributed by atoms with Gasteiger partial charge in [-0.25, -0.2) is 0 Å². The molecule has 0 bridgehead atoms. The molecule has 0 unspecified atom stereocenters. The molecule has 3 rings (SSSR count). The molecule has 1 aliphatic rings. The lowest BCUT2D eigenvalue weighted by molar-refractivity contribution is 0.0843. The Morgan fingerprint density at radius 3 is 2.39 bits per heavy atom. The smallest absolute Gasteiger partial charge is 0.178 e.